The third-order valence-electron chi connectivity index (χ3n) is 4.45. The first kappa shape index (κ1) is 18.5. The second kappa shape index (κ2) is 8.42. The van der Waals surface area contributed by atoms with Crippen molar-refractivity contribution in [1.82, 2.24) is 14.9 Å². The fraction of sp³-hybridized carbons (Fsp3) is 0.474. The summed E-state index contributed by atoms with van der Waals surface area (Å²) in [6.45, 7) is 2.14. The zero-order chi connectivity index (χ0) is 18.4. The van der Waals surface area contributed by atoms with Crippen molar-refractivity contribution in [1.29, 1.82) is 0 Å². The predicted molar refractivity (Wildman–Crippen MR) is 98.1 cm³/mol. The molecule has 1 N–H and O–H groups in total. The molecule has 0 bridgehead atoms. The van der Waals surface area contributed by atoms with E-state index in [4.69, 9.17) is 4.74 Å². The molecule has 0 amide bonds. The first-order valence-corrected chi connectivity index (χ1v) is 8.79. The topological polar surface area (TPSA) is 61.7 Å². The predicted octanol–water partition coefficient (Wildman–Crippen LogP) is 1.90. The largest absolute Gasteiger partial charge is 0.491 e. The van der Waals surface area contributed by atoms with Crippen molar-refractivity contribution in [3.05, 3.63) is 48.3 Å². The number of rotatable bonds is 8. The third-order valence-corrected chi connectivity index (χ3v) is 4.45. The molecule has 1 fully saturated rings. The van der Waals surface area contributed by atoms with Gasteiger partial charge in [-0.3, -0.25) is 4.90 Å². The maximum atomic E-state index is 12.1. The minimum atomic E-state index is -0.780. The smallest absolute Gasteiger partial charge is 0.225 e. The van der Waals surface area contributed by atoms with Crippen molar-refractivity contribution in [2.24, 2.45) is 0 Å². The van der Waals surface area contributed by atoms with Gasteiger partial charge in [0, 0.05) is 32.0 Å². The number of likely N-dealkylation sites (N-methyl/N-ethyl adjacent to an activating group) is 1. The summed E-state index contributed by atoms with van der Waals surface area (Å²) in [7, 11) is 1.99. The van der Waals surface area contributed by atoms with Crippen molar-refractivity contribution < 1.29 is 14.2 Å². The van der Waals surface area contributed by atoms with Gasteiger partial charge in [-0.05, 0) is 37.2 Å². The third kappa shape index (κ3) is 4.89. The second-order valence-corrected chi connectivity index (χ2v) is 6.80. The number of aliphatic hydroxyl groups is 1. The zero-order valence-electron chi connectivity index (χ0n) is 15.0. The molecule has 1 aromatic heterocycles. The molecule has 2 aromatic rings. The fourth-order valence-electron chi connectivity index (χ4n) is 3.33. The number of anilines is 1. The lowest BCUT2D eigenvalue weighted by atomic mass is 10.0. The van der Waals surface area contributed by atoms with Crippen LogP contribution in [-0.4, -0.2) is 65.5 Å². The molecule has 0 saturated carbocycles. The molecule has 1 aliphatic heterocycles. The molecule has 1 aromatic carbocycles. The average Bonchev–Trinajstić information content (AvgIpc) is 3.03. The van der Waals surface area contributed by atoms with Gasteiger partial charge in [0.2, 0.25) is 5.95 Å². The molecule has 1 saturated heterocycles. The molecule has 2 heterocycles. The van der Waals surface area contributed by atoms with Crippen LogP contribution in [0.1, 0.15) is 12.0 Å². The van der Waals surface area contributed by atoms with E-state index in [1.807, 2.05) is 36.2 Å². The summed E-state index contributed by atoms with van der Waals surface area (Å²) in [6.07, 6.45) is 4.12. The minimum absolute atomic E-state index is 0.0773. The van der Waals surface area contributed by atoms with E-state index in [1.54, 1.807) is 18.5 Å². The Hall–Kier alpha value is -2.25. The Bertz CT molecular complexity index is 686. The van der Waals surface area contributed by atoms with E-state index in [2.05, 4.69) is 14.9 Å². The fourth-order valence-corrected chi connectivity index (χ4v) is 3.33. The highest BCUT2D eigenvalue weighted by Gasteiger charge is 2.37. The monoisotopic (exact) mass is 360 g/mol. The number of nitrogens with zero attached hydrogens (tertiary/aromatic N) is 4. The van der Waals surface area contributed by atoms with Gasteiger partial charge in [-0.25, -0.2) is 14.4 Å². The van der Waals surface area contributed by atoms with Gasteiger partial charge in [0.25, 0.3) is 0 Å². The first-order valence-electron chi connectivity index (χ1n) is 8.79. The molecule has 1 unspecified atom stereocenters. The van der Waals surface area contributed by atoms with Crippen molar-refractivity contribution in [2.75, 3.05) is 44.9 Å². The Morgan fingerprint density at radius 2 is 2.00 bits per heavy atom. The van der Waals surface area contributed by atoms with Gasteiger partial charge >= 0.3 is 0 Å². The van der Waals surface area contributed by atoms with E-state index in [0.717, 1.165) is 12.1 Å². The van der Waals surface area contributed by atoms with Gasteiger partial charge in [-0.2, -0.15) is 0 Å². The number of benzene rings is 1. The normalized spacial score (nSPS) is 19.9. The van der Waals surface area contributed by atoms with Crippen molar-refractivity contribution in [2.45, 2.75) is 18.6 Å². The lowest BCUT2D eigenvalue weighted by molar-refractivity contribution is 0.0279. The molecule has 0 spiro atoms. The quantitative estimate of drug-likeness (QED) is 0.776. The van der Waals surface area contributed by atoms with Crippen LogP contribution in [0.15, 0.2) is 42.7 Å². The number of alkyl halides is 1. The molecule has 7 heteroatoms. The van der Waals surface area contributed by atoms with Gasteiger partial charge in [-0.15, -0.1) is 0 Å². The second-order valence-electron chi connectivity index (χ2n) is 6.80. The van der Waals surface area contributed by atoms with E-state index < -0.39 is 12.3 Å². The Morgan fingerprint density at radius 1 is 1.27 bits per heavy atom. The van der Waals surface area contributed by atoms with Crippen LogP contribution in [0.4, 0.5) is 10.3 Å². The van der Waals surface area contributed by atoms with E-state index in [0.29, 0.717) is 37.8 Å². The summed E-state index contributed by atoms with van der Waals surface area (Å²) in [4.78, 5) is 12.6. The summed E-state index contributed by atoms with van der Waals surface area (Å²) in [5, 5.41) is 10.9. The van der Waals surface area contributed by atoms with Crippen LogP contribution >= 0.6 is 0 Å². The van der Waals surface area contributed by atoms with Crippen molar-refractivity contribution >= 4 is 5.95 Å². The Labute approximate surface area is 153 Å². The number of aromatic nitrogens is 2. The van der Waals surface area contributed by atoms with Gasteiger partial charge in [0.1, 0.15) is 19.0 Å². The van der Waals surface area contributed by atoms with E-state index in [1.165, 1.54) is 0 Å². The molecule has 26 heavy (non-hydrogen) atoms. The van der Waals surface area contributed by atoms with Gasteiger partial charge in [-0.1, -0.05) is 12.1 Å². The summed E-state index contributed by atoms with van der Waals surface area (Å²) in [6, 6.07) is 9.41. The minimum Gasteiger partial charge on any atom is -0.491 e. The zero-order valence-corrected chi connectivity index (χ0v) is 15.0. The van der Waals surface area contributed by atoms with Crippen LogP contribution in [0.2, 0.25) is 0 Å². The Balaban J connectivity index is 1.52. The number of halogens is 1. The molecular weight excluding hydrogens is 335 g/mol. The summed E-state index contributed by atoms with van der Waals surface area (Å²) in [5.74, 6) is 1.33. The average molecular weight is 360 g/mol. The van der Waals surface area contributed by atoms with E-state index in [9.17, 15) is 9.50 Å². The Morgan fingerprint density at radius 3 is 2.69 bits per heavy atom. The van der Waals surface area contributed by atoms with Gasteiger partial charge < -0.3 is 14.7 Å². The maximum absolute atomic E-state index is 12.1. The van der Waals surface area contributed by atoms with Crippen LogP contribution in [0.25, 0.3) is 0 Å². The molecule has 3 rings (SSSR count). The standard InChI is InChI=1S/C19H25FN4O2/c1-23(13-16-3-5-17(6-4-16)26-12-8-20)14-19(25)7-11-24(15-19)18-21-9-2-10-22-18/h2-6,9-10,25H,7-8,11-15H2,1H3. The van der Waals surface area contributed by atoms with Crippen LogP contribution in [-0.2, 0) is 6.54 Å². The highest BCUT2D eigenvalue weighted by molar-refractivity contribution is 5.32. The molecular formula is C19H25FN4O2. The van der Waals surface area contributed by atoms with Crippen LogP contribution in [0, 0.1) is 0 Å². The first-order chi connectivity index (χ1) is 12.6. The summed E-state index contributed by atoms with van der Waals surface area (Å²) >= 11 is 0. The number of hydrogen-bond donors (Lipinski definition) is 1. The van der Waals surface area contributed by atoms with Crippen LogP contribution in [0.5, 0.6) is 5.75 Å². The lowest BCUT2D eigenvalue weighted by Gasteiger charge is -2.29. The highest BCUT2D eigenvalue weighted by atomic mass is 19.1. The van der Waals surface area contributed by atoms with Crippen molar-refractivity contribution in [3.63, 3.8) is 0 Å². The SMILES string of the molecule is CN(Cc1ccc(OCCF)cc1)CC1(O)CCN(c2ncccn2)C1. The molecule has 140 valence electrons. The molecule has 1 aliphatic rings. The molecule has 6 nitrogen and oxygen atoms in total. The van der Waals surface area contributed by atoms with E-state index >= 15 is 0 Å². The summed E-state index contributed by atoms with van der Waals surface area (Å²) in [5.41, 5.74) is 0.336. The number of hydrogen-bond acceptors (Lipinski definition) is 6. The summed E-state index contributed by atoms with van der Waals surface area (Å²) < 4.78 is 17.4. The lowest BCUT2D eigenvalue weighted by Crippen LogP contribution is -2.43. The van der Waals surface area contributed by atoms with E-state index in [-0.39, 0.29) is 6.61 Å². The van der Waals surface area contributed by atoms with Crippen molar-refractivity contribution in [3.8, 4) is 5.75 Å². The Kier molecular flexibility index (Phi) is 6.00. The van der Waals surface area contributed by atoms with Crippen LogP contribution in [0.3, 0.4) is 0 Å². The van der Waals surface area contributed by atoms with Gasteiger partial charge in [0.15, 0.2) is 0 Å². The number of β-amino-alcohol motifs (C(OH)–C–C–N with tert-alkyl or cyclic N) is 1. The highest BCUT2D eigenvalue weighted by Crippen LogP contribution is 2.25. The van der Waals surface area contributed by atoms with Crippen LogP contribution < -0.4 is 9.64 Å². The molecule has 1 atom stereocenters. The number of ether oxygens (including phenoxy) is 1. The van der Waals surface area contributed by atoms with Gasteiger partial charge in [0.05, 0.1) is 12.1 Å². The maximum Gasteiger partial charge on any atom is 0.225 e. The molecule has 0 aliphatic carbocycles. The molecule has 0 radical (unpaired) electrons.